The van der Waals surface area contributed by atoms with Crippen molar-refractivity contribution in [2.45, 2.75) is 13.8 Å². The van der Waals surface area contributed by atoms with E-state index in [0.29, 0.717) is 0 Å². The molecular formula is C12H8N2O4. The number of nitriles is 2. The van der Waals surface area contributed by atoms with Gasteiger partial charge in [0, 0.05) is 13.8 Å². The third kappa shape index (κ3) is 2.83. The predicted molar refractivity (Wildman–Crippen MR) is 58.5 cm³/mol. The lowest BCUT2D eigenvalue weighted by Crippen LogP contribution is -2.07. The van der Waals surface area contributed by atoms with Gasteiger partial charge in [-0.1, -0.05) is 0 Å². The van der Waals surface area contributed by atoms with E-state index < -0.39 is 11.9 Å². The van der Waals surface area contributed by atoms with Crippen LogP contribution in [-0.4, -0.2) is 11.9 Å². The molecule has 0 amide bonds. The van der Waals surface area contributed by atoms with Crippen LogP contribution in [-0.2, 0) is 9.59 Å². The second kappa shape index (κ2) is 5.46. The molecule has 0 atom stereocenters. The number of esters is 2. The Labute approximate surface area is 103 Å². The highest BCUT2D eigenvalue weighted by Crippen LogP contribution is 2.29. The molecule has 6 heteroatoms. The molecule has 0 radical (unpaired) electrons. The molecule has 0 N–H and O–H groups in total. The van der Waals surface area contributed by atoms with E-state index in [1.807, 2.05) is 0 Å². The van der Waals surface area contributed by atoms with E-state index in [1.54, 1.807) is 12.1 Å². The fourth-order valence-corrected chi connectivity index (χ4v) is 1.27. The van der Waals surface area contributed by atoms with Crippen LogP contribution in [0, 0.1) is 22.7 Å². The minimum Gasteiger partial charge on any atom is -0.425 e. The predicted octanol–water partition coefficient (Wildman–Crippen LogP) is 1.28. The standard InChI is InChI=1S/C12H8N2O4/c1-7(15)17-11-3-4-12(18-8(2)16)10(6-14)9(11)5-13/h3-4H,1-2H3. The van der Waals surface area contributed by atoms with E-state index in [9.17, 15) is 9.59 Å². The summed E-state index contributed by atoms with van der Waals surface area (Å²) in [7, 11) is 0. The van der Waals surface area contributed by atoms with Gasteiger partial charge in [0.05, 0.1) is 0 Å². The van der Waals surface area contributed by atoms with Crippen molar-refractivity contribution in [2.75, 3.05) is 0 Å². The van der Waals surface area contributed by atoms with Crippen molar-refractivity contribution < 1.29 is 19.1 Å². The van der Waals surface area contributed by atoms with Crippen LogP contribution in [0.1, 0.15) is 25.0 Å². The summed E-state index contributed by atoms with van der Waals surface area (Å²) in [6, 6.07) is 6.07. The van der Waals surface area contributed by atoms with Crippen LogP contribution in [0.25, 0.3) is 0 Å². The molecule has 0 saturated carbocycles. The van der Waals surface area contributed by atoms with Crippen LogP contribution in [0.2, 0.25) is 0 Å². The van der Waals surface area contributed by atoms with E-state index in [0.717, 1.165) is 0 Å². The Morgan fingerprint density at radius 3 is 1.50 bits per heavy atom. The summed E-state index contributed by atoms with van der Waals surface area (Å²) in [6.45, 7) is 2.35. The molecule has 0 aromatic heterocycles. The van der Waals surface area contributed by atoms with Crippen molar-refractivity contribution in [3.63, 3.8) is 0 Å². The highest BCUT2D eigenvalue weighted by molar-refractivity contribution is 5.74. The third-order valence-corrected chi connectivity index (χ3v) is 1.86. The molecule has 18 heavy (non-hydrogen) atoms. The maximum Gasteiger partial charge on any atom is 0.308 e. The van der Waals surface area contributed by atoms with Crippen molar-refractivity contribution in [1.29, 1.82) is 10.5 Å². The fraction of sp³-hybridized carbons (Fsp3) is 0.167. The number of hydrogen-bond donors (Lipinski definition) is 0. The van der Waals surface area contributed by atoms with E-state index >= 15 is 0 Å². The second-order valence-electron chi connectivity index (χ2n) is 3.22. The Kier molecular flexibility index (Phi) is 4.01. The first-order chi connectivity index (χ1) is 8.49. The van der Waals surface area contributed by atoms with Gasteiger partial charge in [-0.05, 0) is 12.1 Å². The largest absolute Gasteiger partial charge is 0.425 e. The van der Waals surface area contributed by atoms with E-state index in [4.69, 9.17) is 20.0 Å². The molecule has 0 aliphatic carbocycles. The quantitative estimate of drug-likeness (QED) is 0.573. The Balaban J connectivity index is 3.38. The minimum absolute atomic E-state index is 0.0440. The summed E-state index contributed by atoms with van der Waals surface area (Å²) < 4.78 is 9.57. The van der Waals surface area contributed by atoms with Crippen molar-refractivity contribution in [3.8, 4) is 23.6 Å². The molecule has 0 bridgehead atoms. The summed E-state index contributed by atoms with van der Waals surface area (Å²) in [5, 5.41) is 17.9. The van der Waals surface area contributed by atoms with Gasteiger partial charge >= 0.3 is 11.9 Å². The van der Waals surface area contributed by atoms with E-state index in [-0.39, 0.29) is 22.6 Å². The lowest BCUT2D eigenvalue weighted by Gasteiger charge is -2.08. The molecule has 0 spiro atoms. The lowest BCUT2D eigenvalue weighted by molar-refractivity contribution is -0.133. The van der Waals surface area contributed by atoms with Crippen molar-refractivity contribution >= 4 is 11.9 Å². The monoisotopic (exact) mass is 244 g/mol. The molecule has 0 aliphatic rings. The van der Waals surface area contributed by atoms with Gasteiger partial charge in [-0.25, -0.2) is 0 Å². The number of rotatable bonds is 2. The molecule has 0 saturated heterocycles. The maximum absolute atomic E-state index is 10.8. The first-order valence-corrected chi connectivity index (χ1v) is 4.83. The number of hydrogen-bond acceptors (Lipinski definition) is 6. The Hall–Kier alpha value is -2.86. The van der Waals surface area contributed by atoms with Crippen LogP contribution in [0.5, 0.6) is 11.5 Å². The number of carbonyl (C=O) groups is 2. The summed E-state index contributed by atoms with van der Waals surface area (Å²) in [4.78, 5) is 21.7. The van der Waals surface area contributed by atoms with Gasteiger partial charge in [-0.2, -0.15) is 10.5 Å². The van der Waals surface area contributed by atoms with Crippen LogP contribution < -0.4 is 9.47 Å². The van der Waals surface area contributed by atoms with Crippen LogP contribution >= 0.6 is 0 Å². The second-order valence-corrected chi connectivity index (χ2v) is 3.22. The van der Waals surface area contributed by atoms with Gasteiger partial charge in [0.15, 0.2) is 0 Å². The van der Waals surface area contributed by atoms with E-state index in [1.165, 1.54) is 26.0 Å². The van der Waals surface area contributed by atoms with Gasteiger partial charge in [-0.3, -0.25) is 9.59 Å². The van der Waals surface area contributed by atoms with Crippen LogP contribution in [0.4, 0.5) is 0 Å². The summed E-state index contributed by atoms with van der Waals surface area (Å²) in [6.07, 6.45) is 0. The first-order valence-electron chi connectivity index (χ1n) is 4.83. The molecule has 0 unspecified atom stereocenters. The summed E-state index contributed by atoms with van der Waals surface area (Å²) >= 11 is 0. The number of nitrogens with zero attached hydrogens (tertiary/aromatic N) is 2. The maximum atomic E-state index is 10.8. The van der Waals surface area contributed by atoms with Gasteiger partial charge in [-0.15, -0.1) is 0 Å². The van der Waals surface area contributed by atoms with Gasteiger partial charge in [0.2, 0.25) is 0 Å². The molecule has 1 aromatic rings. The van der Waals surface area contributed by atoms with Gasteiger partial charge < -0.3 is 9.47 Å². The summed E-state index contributed by atoms with van der Waals surface area (Å²) in [5.41, 5.74) is -0.294. The number of carbonyl (C=O) groups excluding carboxylic acids is 2. The van der Waals surface area contributed by atoms with Crippen molar-refractivity contribution in [1.82, 2.24) is 0 Å². The van der Waals surface area contributed by atoms with Crippen molar-refractivity contribution in [2.24, 2.45) is 0 Å². The molecule has 0 heterocycles. The zero-order valence-corrected chi connectivity index (χ0v) is 9.68. The molecule has 1 rings (SSSR count). The topological polar surface area (TPSA) is 100 Å². The third-order valence-electron chi connectivity index (χ3n) is 1.86. The zero-order chi connectivity index (χ0) is 13.7. The number of ether oxygens (including phenoxy) is 2. The highest BCUT2D eigenvalue weighted by atomic mass is 16.5. The number of benzene rings is 1. The normalized spacial score (nSPS) is 8.89. The molecule has 0 fully saturated rings. The van der Waals surface area contributed by atoms with Crippen molar-refractivity contribution in [3.05, 3.63) is 23.3 Å². The average molecular weight is 244 g/mol. The Bertz CT molecular complexity index is 540. The van der Waals surface area contributed by atoms with E-state index in [2.05, 4.69) is 0 Å². The highest BCUT2D eigenvalue weighted by Gasteiger charge is 2.17. The molecule has 1 aromatic carbocycles. The molecular weight excluding hydrogens is 236 g/mol. The molecule has 90 valence electrons. The Morgan fingerprint density at radius 1 is 0.944 bits per heavy atom. The van der Waals surface area contributed by atoms with Crippen LogP contribution in [0.15, 0.2) is 12.1 Å². The first kappa shape index (κ1) is 13.2. The summed E-state index contributed by atoms with van der Waals surface area (Å²) in [5.74, 6) is -1.32. The average Bonchev–Trinajstić information content (AvgIpc) is 2.29. The van der Waals surface area contributed by atoms with Crippen LogP contribution in [0.3, 0.4) is 0 Å². The Morgan fingerprint density at radius 2 is 1.28 bits per heavy atom. The lowest BCUT2D eigenvalue weighted by atomic mass is 10.1. The van der Waals surface area contributed by atoms with Gasteiger partial charge in [0.25, 0.3) is 0 Å². The van der Waals surface area contributed by atoms with Gasteiger partial charge in [0.1, 0.15) is 34.8 Å². The minimum atomic E-state index is -0.615. The smallest absolute Gasteiger partial charge is 0.308 e. The SMILES string of the molecule is CC(=O)Oc1ccc(OC(C)=O)c(C#N)c1C#N. The zero-order valence-electron chi connectivity index (χ0n) is 9.68. The fourth-order valence-electron chi connectivity index (χ4n) is 1.27. The molecule has 6 nitrogen and oxygen atoms in total. The molecule has 0 aliphatic heterocycles.